The number of oxime groups is 1. The Morgan fingerprint density at radius 2 is 1.47 bits per heavy atom. The smallest absolute Gasteiger partial charge is 0.240 e. The second kappa shape index (κ2) is 7.71. The first-order valence-corrected chi connectivity index (χ1v) is 11.6. The van der Waals surface area contributed by atoms with Gasteiger partial charge in [-0.3, -0.25) is 9.59 Å². The van der Waals surface area contributed by atoms with E-state index in [0.717, 1.165) is 10.0 Å². The highest BCUT2D eigenvalue weighted by molar-refractivity contribution is 9.10. The summed E-state index contributed by atoms with van der Waals surface area (Å²) < 4.78 is 23.4. The lowest BCUT2D eigenvalue weighted by atomic mass is 9.71. The molecule has 2 bridgehead atoms. The summed E-state index contributed by atoms with van der Waals surface area (Å²) >= 11 is 3.39. The number of fused-ring (bicyclic) bond motifs is 8. The maximum atomic E-state index is 13.5. The fourth-order valence-electron chi connectivity index (χ4n) is 5.67. The molecule has 3 fully saturated rings. The van der Waals surface area contributed by atoms with E-state index in [9.17, 15) is 9.59 Å². The van der Waals surface area contributed by atoms with E-state index in [2.05, 4.69) is 21.1 Å². The van der Waals surface area contributed by atoms with Gasteiger partial charge in [-0.05, 0) is 36.4 Å². The van der Waals surface area contributed by atoms with Crippen molar-refractivity contribution in [3.63, 3.8) is 0 Å². The second-order valence-corrected chi connectivity index (χ2v) is 9.51. The van der Waals surface area contributed by atoms with Gasteiger partial charge in [0.25, 0.3) is 0 Å². The molecular formula is C24H21BrN2O7. The number of hydrogen-bond donors (Lipinski definition) is 0. The molecule has 10 heteroatoms. The first-order chi connectivity index (χ1) is 16.5. The molecule has 2 aromatic carbocycles. The van der Waals surface area contributed by atoms with Gasteiger partial charge in [0.2, 0.25) is 17.6 Å². The maximum absolute atomic E-state index is 13.5. The molecule has 4 heterocycles. The van der Waals surface area contributed by atoms with Crippen LogP contribution in [0.15, 0.2) is 46.0 Å². The van der Waals surface area contributed by atoms with Crippen molar-refractivity contribution in [1.29, 1.82) is 0 Å². The number of carbonyl (C=O) groups is 2. The molecule has 9 nitrogen and oxygen atoms in total. The zero-order chi connectivity index (χ0) is 23.7. The second-order valence-electron chi connectivity index (χ2n) is 8.59. The predicted molar refractivity (Wildman–Crippen MR) is 123 cm³/mol. The highest BCUT2D eigenvalue weighted by Crippen LogP contribution is 2.55. The first-order valence-electron chi connectivity index (χ1n) is 10.8. The lowest BCUT2D eigenvalue weighted by Gasteiger charge is -2.26. The van der Waals surface area contributed by atoms with E-state index in [1.54, 1.807) is 38.5 Å². The van der Waals surface area contributed by atoms with Gasteiger partial charge in [-0.15, -0.1) is 0 Å². The van der Waals surface area contributed by atoms with Gasteiger partial charge in [-0.25, -0.2) is 4.90 Å². The topological polar surface area (TPSA) is 95.9 Å². The molecule has 0 saturated carbocycles. The standard InChI is InChI=1S/C24H21BrN2O7/c1-30-13-8-10(9-14(31-2)19(13)32-3)18-17-20-15-16(21(33-20)22(17)34-26-18)24(29)27(23(15)28)12-6-4-11(25)5-7-12/h4-9,15-17,20-22H,1-3H3/t15-,16+,17-,20-,21+,22-/m1/s1. The van der Waals surface area contributed by atoms with Gasteiger partial charge >= 0.3 is 0 Å². The SMILES string of the molecule is COc1cc(C2=NO[C@H]3[C@H]4O[C@@H]([C@@H]23)[C@@H]2C(=O)N(c3ccc(Br)cc3)C(=O)[C@H]42)cc(OC)c1OC. The van der Waals surface area contributed by atoms with Gasteiger partial charge in [0, 0.05) is 10.0 Å². The van der Waals surface area contributed by atoms with Crippen LogP contribution in [0.1, 0.15) is 5.56 Å². The molecule has 6 rings (SSSR count). The summed E-state index contributed by atoms with van der Waals surface area (Å²) in [6, 6.07) is 10.7. The van der Waals surface area contributed by atoms with E-state index in [1.165, 1.54) is 12.0 Å². The van der Waals surface area contributed by atoms with Crippen LogP contribution in [0.5, 0.6) is 17.2 Å². The Hall–Kier alpha value is -3.11. The number of hydrogen-bond acceptors (Lipinski definition) is 8. The van der Waals surface area contributed by atoms with Crippen LogP contribution in [0.3, 0.4) is 0 Å². The summed E-state index contributed by atoms with van der Waals surface area (Å²) in [7, 11) is 4.62. The van der Waals surface area contributed by atoms with Crippen molar-refractivity contribution in [3.8, 4) is 17.2 Å². The fraction of sp³-hybridized carbons (Fsp3) is 0.375. The van der Waals surface area contributed by atoms with E-state index in [1.807, 2.05) is 12.1 Å². The van der Waals surface area contributed by atoms with Crippen molar-refractivity contribution in [2.24, 2.45) is 22.9 Å². The van der Waals surface area contributed by atoms with E-state index < -0.39 is 30.1 Å². The van der Waals surface area contributed by atoms with Crippen LogP contribution in [-0.2, 0) is 19.2 Å². The molecule has 2 amide bonds. The van der Waals surface area contributed by atoms with Crippen LogP contribution in [0, 0.1) is 17.8 Å². The van der Waals surface area contributed by atoms with Crippen molar-refractivity contribution in [3.05, 3.63) is 46.4 Å². The van der Waals surface area contributed by atoms with Gasteiger partial charge in [-0.1, -0.05) is 21.1 Å². The minimum Gasteiger partial charge on any atom is -0.493 e. The molecule has 3 saturated heterocycles. The van der Waals surface area contributed by atoms with Crippen LogP contribution >= 0.6 is 15.9 Å². The van der Waals surface area contributed by atoms with Gasteiger partial charge in [-0.2, -0.15) is 0 Å². The molecule has 2 aromatic rings. The van der Waals surface area contributed by atoms with Crippen molar-refractivity contribution < 1.29 is 33.4 Å². The molecule has 176 valence electrons. The van der Waals surface area contributed by atoms with Crippen LogP contribution in [0.2, 0.25) is 0 Å². The molecule has 34 heavy (non-hydrogen) atoms. The van der Waals surface area contributed by atoms with Crippen molar-refractivity contribution in [1.82, 2.24) is 0 Å². The number of rotatable bonds is 5. The molecule has 4 aliphatic heterocycles. The van der Waals surface area contributed by atoms with Gasteiger partial charge in [0.1, 0.15) is 6.10 Å². The minimum absolute atomic E-state index is 0.251. The first kappa shape index (κ1) is 21.4. The lowest BCUT2D eigenvalue weighted by molar-refractivity contribution is -0.125. The Morgan fingerprint density at radius 1 is 0.853 bits per heavy atom. The summed E-state index contributed by atoms with van der Waals surface area (Å²) in [6.45, 7) is 0. The highest BCUT2D eigenvalue weighted by Gasteiger charge is 2.72. The number of methoxy groups -OCH3 is 3. The van der Waals surface area contributed by atoms with Crippen molar-refractivity contribution >= 4 is 39.1 Å². The third-order valence-electron chi connectivity index (χ3n) is 7.09. The van der Waals surface area contributed by atoms with E-state index >= 15 is 0 Å². The molecular weight excluding hydrogens is 508 g/mol. The number of nitrogens with zero attached hydrogens (tertiary/aromatic N) is 2. The maximum Gasteiger partial charge on any atom is 0.240 e. The number of amides is 2. The quantitative estimate of drug-likeness (QED) is 0.550. The lowest BCUT2D eigenvalue weighted by Crippen LogP contribution is -2.45. The number of halogens is 1. The molecule has 0 aliphatic carbocycles. The Bertz CT molecular complexity index is 1210. The number of imide groups is 1. The average Bonchev–Trinajstić information content (AvgIpc) is 3.59. The summed E-state index contributed by atoms with van der Waals surface area (Å²) in [5.74, 6) is -0.538. The molecule has 0 spiro atoms. The monoisotopic (exact) mass is 528 g/mol. The van der Waals surface area contributed by atoms with Gasteiger partial charge in [0.15, 0.2) is 17.6 Å². The van der Waals surface area contributed by atoms with E-state index in [-0.39, 0.29) is 17.7 Å². The van der Waals surface area contributed by atoms with Gasteiger partial charge in [0.05, 0.1) is 56.6 Å². The average molecular weight is 529 g/mol. The molecule has 0 aromatic heterocycles. The third-order valence-corrected chi connectivity index (χ3v) is 7.61. The van der Waals surface area contributed by atoms with Crippen LogP contribution in [0.4, 0.5) is 5.69 Å². The normalized spacial score (nSPS) is 30.7. The largest absolute Gasteiger partial charge is 0.493 e. The summed E-state index contributed by atoms with van der Waals surface area (Å²) in [4.78, 5) is 33.9. The number of ether oxygens (including phenoxy) is 4. The van der Waals surface area contributed by atoms with Crippen molar-refractivity contribution in [2.75, 3.05) is 26.2 Å². The van der Waals surface area contributed by atoms with Crippen LogP contribution in [0.25, 0.3) is 0 Å². The Kier molecular flexibility index (Phi) is 4.86. The highest BCUT2D eigenvalue weighted by atomic mass is 79.9. The van der Waals surface area contributed by atoms with Crippen LogP contribution < -0.4 is 19.1 Å². The Labute approximate surface area is 203 Å². The molecule has 6 atom stereocenters. The zero-order valence-corrected chi connectivity index (χ0v) is 20.1. The number of anilines is 1. The number of benzene rings is 2. The van der Waals surface area contributed by atoms with E-state index in [4.69, 9.17) is 23.8 Å². The van der Waals surface area contributed by atoms with Crippen molar-refractivity contribution in [2.45, 2.75) is 18.3 Å². The number of carbonyl (C=O) groups excluding carboxylic acids is 2. The van der Waals surface area contributed by atoms with Crippen LogP contribution in [-0.4, -0.2) is 57.2 Å². The summed E-state index contributed by atoms with van der Waals surface area (Å²) in [6.07, 6.45) is -1.50. The third kappa shape index (κ3) is 2.78. The zero-order valence-electron chi connectivity index (χ0n) is 18.6. The molecule has 0 radical (unpaired) electrons. The Balaban J connectivity index is 1.35. The fourth-order valence-corrected chi connectivity index (χ4v) is 5.93. The van der Waals surface area contributed by atoms with Gasteiger partial charge < -0.3 is 23.8 Å². The molecule has 0 unspecified atom stereocenters. The Morgan fingerprint density at radius 3 is 2.06 bits per heavy atom. The summed E-state index contributed by atoms with van der Waals surface area (Å²) in [5.41, 5.74) is 1.91. The van der Waals surface area contributed by atoms with E-state index in [0.29, 0.717) is 28.6 Å². The summed E-state index contributed by atoms with van der Waals surface area (Å²) in [5, 5.41) is 4.35. The predicted octanol–water partition coefficient (Wildman–Crippen LogP) is 2.78. The minimum atomic E-state index is -0.587. The molecule has 0 N–H and O–H groups in total. The molecule has 4 aliphatic rings.